The number of hydrogen-bond donors (Lipinski definition) is 4. The van der Waals surface area contributed by atoms with Crippen LogP contribution in [0.1, 0.15) is 53.5 Å². The summed E-state index contributed by atoms with van der Waals surface area (Å²) in [5.41, 5.74) is 2.81. The zero-order valence-electron chi connectivity index (χ0n) is 33.8. The second-order valence-corrected chi connectivity index (χ2v) is 15.3. The maximum absolute atomic E-state index is 14.8. The van der Waals surface area contributed by atoms with Crippen molar-refractivity contribution in [3.05, 3.63) is 88.5 Å². The van der Waals surface area contributed by atoms with Crippen molar-refractivity contribution in [2.45, 2.75) is 51.4 Å². The highest BCUT2D eigenvalue weighted by molar-refractivity contribution is 5.79. The van der Waals surface area contributed by atoms with Crippen LogP contribution < -0.4 is 10.1 Å². The number of benzene rings is 3. The molecule has 2 aliphatic heterocycles. The van der Waals surface area contributed by atoms with Crippen molar-refractivity contribution < 1.29 is 52.4 Å². The molecule has 60 heavy (non-hydrogen) atoms. The molecule has 3 aromatic carbocycles. The second-order valence-electron chi connectivity index (χ2n) is 15.3. The number of aliphatic carboxylic acids is 3. The Hall–Kier alpha value is -5.29. The number of nitrogens with zero attached hydrogens (tertiary/aromatic N) is 4. The maximum atomic E-state index is 14.8. The predicted octanol–water partition coefficient (Wildman–Crippen LogP) is 5.26. The first-order valence-electron chi connectivity index (χ1n) is 20.2. The summed E-state index contributed by atoms with van der Waals surface area (Å²) < 4.78 is 50.4. The molecule has 0 spiro atoms. The minimum atomic E-state index is -4.72. The van der Waals surface area contributed by atoms with E-state index in [2.05, 4.69) is 5.32 Å². The fourth-order valence-electron chi connectivity index (χ4n) is 7.69. The number of nitrogens with one attached hydrogen (secondary N) is 1. The second kappa shape index (κ2) is 21.8. The van der Waals surface area contributed by atoms with Gasteiger partial charge in [-0.3, -0.25) is 38.8 Å². The standard InChI is InChI=1S/C44H54F3N5O8/c1-31-32(11-7-12-36(31)33-9-3-2-4-10-33)14-15-34-26-39(35(25-37(34)44(45,46)47)27-52-17-6-5-13-38(52)43(58)59)60-24-8-16-48-40(53)28-49-18-20-50(29-41(54)55)22-23-51(21-19-49)30-42(56)57/h2-4,7,9-12,14-15,25-26,38H,5-6,8,13,16-24,27-30H2,1H3,(H,48,53)(H,54,55)(H,56,57)(H,58,59)/b15-14+/t38-/m0/s1. The first-order valence-corrected chi connectivity index (χ1v) is 20.2. The molecule has 16 heteroatoms. The quantitative estimate of drug-likeness (QED) is 0.103. The van der Waals surface area contributed by atoms with E-state index in [1.54, 1.807) is 20.8 Å². The first kappa shape index (κ1) is 45.8. The van der Waals surface area contributed by atoms with Gasteiger partial charge < -0.3 is 25.4 Å². The Morgan fingerprint density at radius 1 is 0.783 bits per heavy atom. The van der Waals surface area contributed by atoms with Gasteiger partial charge in [0.15, 0.2) is 0 Å². The van der Waals surface area contributed by atoms with Crippen LogP contribution in [0.4, 0.5) is 13.2 Å². The van der Waals surface area contributed by atoms with E-state index in [1.165, 1.54) is 12.1 Å². The third-order valence-electron chi connectivity index (χ3n) is 10.9. The van der Waals surface area contributed by atoms with Gasteiger partial charge in [-0.15, -0.1) is 0 Å². The largest absolute Gasteiger partial charge is 0.493 e. The number of amides is 1. The predicted molar refractivity (Wildman–Crippen MR) is 220 cm³/mol. The molecule has 2 heterocycles. The van der Waals surface area contributed by atoms with Crippen molar-refractivity contribution >= 4 is 36.0 Å². The Labute approximate surface area is 348 Å². The molecule has 2 saturated heterocycles. The van der Waals surface area contributed by atoms with Crippen molar-refractivity contribution in [3.8, 4) is 16.9 Å². The van der Waals surface area contributed by atoms with Crippen molar-refractivity contribution in [1.82, 2.24) is 24.9 Å². The van der Waals surface area contributed by atoms with Gasteiger partial charge in [-0.2, -0.15) is 13.2 Å². The van der Waals surface area contributed by atoms with Crippen LogP contribution in [-0.4, -0.2) is 143 Å². The van der Waals surface area contributed by atoms with Crippen molar-refractivity contribution in [2.75, 3.05) is 78.6 Å². The van der Waals surface area contributed by atoms with Crippen LogP contribution in [0.25, 0.3) is 23.3 Å². The molecule has 2 aliphatic rings. The minimum Gasteiger partial charge on any atom is -0.493 e. The highest BCUT2D eigenvalue weighted by atomic mass is 19.4. The zero-order chi connectivity index (χ0) is 43.2. The lowest BCUT2D eigenvalue weighted by Crippen LogP contribution is -2.44. The van der Waals surface area contributed by atoms with Gasteiger partial charge in [0.25, 0.3) is 0 Å². The molecule has 0 unspecified atom stereocenters. The van der Waals surface area contributed by atoms with Gasteiger partial charge in [0.1, 0.15) is 11.8 Å². The van der Waals surface area contributed by atoms with Gasteiger partial charge >= 0.3 is 24.1 Å². The van der Waals surface area contributed by atoms with Crippen molar-refractivity contribution in [1.29, 1.82) is 0 Å². The van der Waals surface area contributed by atoms with E-state index in [9.17, 15) is 47.7 Å². The number of ether oxygens (including phenoxy) is 1. The van der Waals surface area contributed by atoms with E-state index in [-0.39, 0.29) is 62.1 Å². The molecule has 13 nitrogen and oxygen atoms in total. The average molecular weight is 838 g/mol. The number of carboxylic acid groups (broad SMARTS) is 3. The van der Waals surface area contributed by atoms with Crippen LogP contribution in [0.3, 0.4) is 0 Å². The number of carboxylic acids is 3. The van der Waals surface area contributed by atoms with Gasteiger partial charge in [-0.25, -0.2) is 0 Å². The molecular formula is C44H54F3N5O8. The molecule has 0 radical (unpaired) electrons. The SMILES string of the molecule is Cc1c(/C=C/c2cc(OCCCNC(=O)CN3CCN(CC(=O)O)CCN(CC(=O)O)CC3)c(CN3CCCC[C@H]3C(=O)O)cc2C(F)(F)F)cccc1-c1ccccc1. The van der Waals surface area contributed by atoms with Crippen LogP contribution in [0, 0.1) is 6.92 Å². The summed E-state index contributed by atoms with van der Waals surface area (Å²) in [5, 5.41) is 31.4. The van der Waals surface area contributed by atoms with Crippen LogP contribution in [0.2, 0.25) is 0 Å². The zero-order valence-corrected chi connectivity index (χ0v) is 33.8. The Kier molecular flexibility index (Phi) is 16.6. The van der Waals surface area contributed by atoms with E-state index in [4.69, 9.17) is 4.74 Å². The van der Waals surface area contributed by atoms with Gasteiger partial charge in [0.2, 0.25) is 5.91 Å². The lowest BCUT2D eigenvalue weighted by Gasteiger charge is -2.33. The monoisotopic (exact) mass is 837 g/mol. The molecule has 0 aromatic heterocycles. The molecule has 1 amide bonds. The first-order chi connectivity index (χ1) is 28.7. The van der Waals surface area contributed by atoms with Crippen molar-refractivity contribution in [3.63, 3.8) is 0 Å². The Morgan fingerprint density at radius 2 is 1.40 bits per heavy atom. The Bertz CT molecular complexity index is 1950. The molecular weight excluding hydrogens is 784 g/mol. The normalized spacial score (nSPS) is 17.8. The van der Waals surface area contributed by atoms with E-state index < -0.39 is 35.7 Å². The van der Waals surface area contributed by atoms with Gasteiger partial charge in [0.05, 0.1) is 31.8 Å². The number of carbonyl (C=O) groups is 4. The smallest absolute Gasteiger partial charge is 0.417 e. The van der Waals surface area contributed by atoms with E-state index >= 15 is 0 Å². The molecule has 0 bridgehead atoms. The summed E-state index contributed by atoms with van der Waals surface area (Å²) in [6.45, 7) is 4.39. The molecule has 3 aromatic rings. The van der Waals surface area contributed by atoms with Crippen molar-refractivity contribution in [2.24, 2.45) is 0 Å². The molecule has 0 saturated carbocycles. The molecule has 324 valence electrons. The van der Waals surface area contributed by atoms with Crippen LogP contribution in [0.15, 0.2) is 60.7 Å². The fraction of sp³-hybridized carbons (Fsp3) is 0.455. The number of hydrogen-bond acceptors (Lipinski definition) is 9. The van der Waals surface area contributed by atoms with E-state index in [1.807, 2.05) is 60.4 Å². The summed E-state index contributed by atoms with van der Waals surface area (Å²) >= 11 is 0. The van der Waals surface area contributed by atoms with Crippen LogP contribution in [-0.2, 0) is 31.9 Å². The number of carbonyl (C=O) groups excluding carboxylic acids is 1. The number of alkyl halides is 3. The summed E-state index contributed by atoms with van der Waals surface area (Å²) in [7, 11) is 0. The molecule has 4 N–H and O–H groups in total. The molecule has 0 aliphatic carbocycles. The summed E-state index contributed by atoms with van der Waals surface area (Å²) in [5.74, 6) is -3.15. The topological polar surface area (TPSA) is 163 Å². The number of rotatable bonds is 17. The third kappa shape index (κ3) is 13.6. The average Bonchev–Trinajstić information content (AvgIpc) is 3.28. The van der Waals surface area contributed by atoms with Gasteiger partial charge in [-0.05, 0) is 72.7 Å². The van der Waals surface area contributed by atoms with Gasteiger partial charge in [-0.1, -0.05) is 67.1 Å². The minimum absolute atomic E-state index is 0.00423. The highest BCUT2D eigenvalue weighted by Gasteiger charge is 2.35. The summed E-state index contributed by atoms with van der Waals surface area (Å²) in [4.78, 5) is 54.8. The third-order valence-corrected chi connectivity index (χ3v) is 10.9. The van der Waals surface area contributed by atoms with E-state index in [0.29, 0.717) is 71.5 Å². The van der Waals surface area contributed by atoms with Gasteiger partial charge in [0, 0.05) is 57.9 Å². The number of likely N-dealkylation sites (tertiary alicyclic amines) is 1. The Morgan fingerprint density at radius 3 is 2.00 bits per heavy atom. The van der Waals surface area contributed by atoms with Crippen LogP contribution >= 0.6 is 0 Å². The maximum Gasteiger partial charge on any atom is 0.417 e. The summed E-state index contributed by atoms with van der Waals surface area (Å²) in [6, 6.07) is 16.9. The number of piperidine rings is 1. The fourth-order valence-corrected chi connectivity index (χ4v) is 7.69. The molecule has 2 fully saturated rings. The molecule has 1 atom stereocenters. The van der Waals surface area contributed by atoms with Crippen LogP contribution in [0.5, 0.6) is 5.75 Å². The number of halogens is 3. The van der Waals surface area contributed by atoms with E-state index in [0.717, 1.165) is 28.3 Å². The molecule has 5 rings (SSSR count). The lowest BCUT2D eigenvalue weighted by molar-refractivity contribution is -0.145. The summed E-state index contributed by atoms with van der Waals surface area (Å²) in [6.07, 6.45) is 0.466. The highest BCUT2D eigenvalue weighted by Crippen LogP contribution is 2.38. The Balaban J connectivity index is 1.30. The lowest BCUT2D eigenvalue weighted by atomic mass is 9.95.